The van der Waals surface area contributed by atoms with Crippen molar-refractivity contribution in [3.8, 4) is 0 Å². The van der Waals surface area contributed by atoms with Gasteiger partial charge in [-0.05, 0) is 0 Å². The van der Waals surface area contributed by atoms with Crippen LogP contribution in [0.1, 0.15) is 0 Å². The molecule has 0 saturated carbocycles. The van der Waals surface area contributed by atoms with Gasteiger partial charge in [0.1, 0.15) is 0 Å². The highest BCUT2D eigenvalue weighted by molar-refractivity contribution is 7.99. The maximum absolute atomic E-state index is 10.6. The van der Waals surface area contributed by atoms with Gasteiger partial charge in [0.2, 0.25) is 0 Å². The maximum atomic E-state index is 10.6. The van der Waals surface area contributed by atoms with E-state index in [1.54, 1.807) is 0 Å². The predicted molar refractivity (Wildman–Crippen MR) is 61.7 cm³/mol. The molecule has 2 N–H and O–H groups in total. The molecule has 2 fully saturated rings. The molecule has 4 nitrogen and oxygen atoms in total. The van der Waals surface area contributed by atoms with Gasteiger partial charge in [-0.3, -0.25) is 0 Å². The smallest absolute Gasteiger partial charge is 0.152 e. The van der Waals surface area contributed by atoms with Gasteiger partial charge in [0.05, 0.1) is 11.5 Å². The molecule has 2 aliphatic rings. The molecule has 0 aromatic carbocycles. The third-order valence-electron chi connectivity index (χ3n) is 2.03. The lowest BCUT2D eigenvalue weighted by atomic mass is 10.6. The first-order chi connectivity index (χ1) is 6.71. The van der Waals surface area contributed by atoms with Gasteiger partial charge in [-0.25, -0.2) is 8.42 Å². The summed E-state index contributed by atoms with van der Waals surface area (Å²) in [5, 5.41) is 6.23. The van der Waals surface area contributed by atoms with Crippen molar-refractivity contribution in [1.29, 1.82) is 0 Å². The Morgan fingerprint density at radius 2 is 1.36 bits per heavy atom. The molecule has 2 heterocycles. The summed E-state index contributed by atoms with van der Waals surface area (Å²) < 4.78 is 21.2. The van der Waals surface area contributed by atoms with Crippen molar-refractivity contribution < 1.29 is 8.42 Å². The first-order valence-corrected chi connectivity index (χ1v) is 7.88. The Balaban J connectivity index is 0.000000146. The molecule has 6 heteroatoms. The van der Waals surface area contributed by atoms with Crippen molar-refractivity contribution in [2.75, 3.05) is 49.2 Å². The number of thioether (sulfide) groups is 1. The van der Waals surface area contributed by atoms with E-state index in [1.165, 1.54) is 24.6 Å². The van der Waals surface area contributed by atoms with E-state index in [0.29, 0.717) is 24.6 Å². The Bertz CT molecular complexity index is 214. The topological polar surface area (TPSA) is 58.2 Å². The zero-order valence-electron chi connectivity index (χ0n) is 8.29. The summed E-state index contributed by atoms with van der Waals surface area (Å²) in [4.78, 5) is 0. The number of sulfone groups is 1. The molecule has 0 radical (unpaired) electrons. The number of hydrogen-bond donors (Lipinski definition) is 2. The monoisotopic (exact) mass is 238 g/mol. The van der Waals surface area contributed by atoms with Gasteiger partial charge in [0, 0.05) is 37.7 Å². The van der Waals surface area contributed by atoms with E-state index < -0.39 is 9.84 Å². The van der Waals surface area contributed by atoms with E-state index in [9.17, 15) is 8.42 Å². The summed E-state index contributed by atoms with van der Waals surface area (Å²) in [5.74, 6) is 3.24. The van der Waals surface area contributed by atoms with E-state index >= 15 is 0 Å². The molecule has 0 aromatic rings. The maximum Gasteiger partial charge on any atom is 0.152 e. The van der Waals surface area contributed by atoms with Gasteiger partial charge >= 0.3 is 0 Å². The van der Waals surface area contributed by atoms with Crippen molar-refractivity contribution in [2.24, 2.45) is 0 Å². The first kappa shape index (κ1) is 12.3. The fourth-order valence-corrected chi connectivity index (χ4v) is 3.09. The molecule has 84 valence electrons. The standard InChI is InChI=1S/C4H9NO2S.C4H9NS/c6-8(7)3-1-5-2-4-8;1-3-6-4-2-5-1/h5H,1-4H2;5H,1-4H2. The number of nitrogens with one attached hydrogen (secondary N) is 2. The highest BCUT2D eigenvalue weighted by atomic mass is 32.2. The van der Waals surface area contributed by atoms with Gasteiger partial charge in [0.15, 0.2) is 9.84 Å². The minimum Gasteiger partial charge on any atom is -0.315 e. The molecule has 0 aromatic heterocycles. The van der Waals surface area contributed by atoms with Crippen LogP contribution in [-0.2, 0) is 9.84 Å². The molecular formula is C8H18N2O2S2. The predicted octanol–water partition coefficient (Wildman–Crippen LogP) is -0.673. The lowest BCUT2D eigenvalue weighted by Crippen LogP contribution is -2.35. The Morgan fingerprint density at radius 3 is 1.57 bits per heavy atom. The molecule has 0 amide bonds. The van der Waals surface area contributed by atoms with Crippen LogP contribution in [-0.4, -0.2) is 57.6 Å². The van der Waals surface area contributed by atoms with Crippen molar-refractivity contribution in [3.63, 3.8) is 0 Å². The van der Waals surface area contributed by atoms with E-state index in [4.69, 9.17) is 0 Å². The zero-order valence-corrected chi connectivity index (χ0v) is 9.92. The second-order valence-electron chi connectivity index (χ2n) is 3.26. The summed E-state index contributed by atoms with van der Waals surface area (Å²) in [5.41, 5.74) is 0. The molecule has 14 heavy (non-hydrogen) atoms. The number of rotatable bonds is 0. The van der Waals surface area contributed by atoms with Crippen LogP contribution >= 0.6 is 11.8 Å². The highest BCUT2D eigenvalue weighted by Gasteiger charge is 2.13. The van der Waals surface area contributed by atoms with Crippen LogP contribution in [0.5, 0.6) is 0 Å². The quantitative estimate of drug-likeness (QED) is 0.586. The summed E-state index contributed by atoms with van der Waals surface area (Å²) >= 11 is 2.03. The van der Waals surface area contributed by atoms with Crippen molar-refractivity contribution >= 4 is 21.6 Å². The second-order valence-corrected chi connectivity index (χ2v) is 6.79. The average molecular weight is 238 g/mol. The minimum atomic E-state index is -2.65. The fraction of sp³-hybridized carbons (Fsp3) is 1.00. The van der Waals surface area contributed by atoms with Crippen LogP contribution in [0.2, 0.25) is 0 Å². The molecule has 0 spiro atoms. The summed E-state index contributed by atoms with van der Waals surface area (Å²) in [6.07, 6.45) is 0. The lowest BCUT2D eigenvalue weighted by Gasteiger charge is -2.10. The molecule has 2 aliphatic heterocycles. The van der Waals surface area contributed by atoms with E-state index in [0.717, 1.165) is 0 Å². The Morgan fingerprint density at radius 1 is 0.857 bits per heavy atom. The fourth-order valence-electron chi connectivity index (χ4n) is 1.20. The molecule has 0 aliphatic carbocycles. The van der Waals surface area contributed by atoms with Gasteiger partial charge in [-0.15, -0.1) is 0 Å². The van der Waals surface area contributed by atoms with Crippen LogP contribution in [0.25, 0.3) is 0 Å². The SMILES string of the molecule is C1CSCCN1.O=S1(=O)CCNCC1. The average Bonchev–Trinajstić information content (AvgIpc) is 2.21. The van der Waals surface area contributed by atoms with E-state index in [-0.39, 0.29) is 0 Å². The third-order valence-corrected chi connectivity index (χ3v) is 4.66. The Hall–Kier alpha value is 0.220. The van der Waals surface area contributed by atoms with E-state index in [1.807, 2.05) is 11.8 Å². The normalized spacial score (nSPS) is 26.0. The molecule has 0 unspecified atom stereocenters. The zero-order chi connectivity index (χ0) is 10.3. The third kappa shape index (κ3) is 5.85. The van der Waals surface area contributed by atoms with Crippen LogP contribution in [0, 0.1) is 0 Å². The molecule has 2 saturated heterocycles. The Kier molecular flexibility index (Phi) is 5.84. The van der Waals surface area contributed by atoms with Crippen LogP contribution in [0.4, 0.5) is 0 Å². The first-order valence-electron chi connectivity index (χ1n) is 4.90. The van der Waals surface area contributed by atoms with Crippen molar-refractivity contribution in [3.05, 3.63) is 0 Å². The van der Waals surface area contributed by atoms with Crippen LogP contribution in [0.3, 0.4) is 0 Å². The van der Waals surface area contributed by atoms with Crippen molar-refractivity contribution in [1.82, 2.24) is 10.6 Å². The van der Waals surface area contributed by atoms with Gasteiger partial charge in [-0.1, -0.05) is 0 Å². The summed E-state index contributed by atoms with van der Waals surface area (Å²) in [7, 11) is -2.65. The van der Waals surface area contributed by atoms with Crippen molar-refractivity contribution in [2.45, 2.75) is 0 Å². The Labute approximate surface area is 90.1 Å². The minimum absolute atomic E-state index is 0.312. The van der Waals surface area contributed by atoms with Gasteiger partial charge in [0.25, 0.3) is 0 Å². The number of hydrogen-bond acceptors (Lipinski definition) is 5. The summed E-state index contributed by atoms with van der Waals surface area (Å²) in [6, 6.07) is 0. The van der Waals surface area contributed by atoms with Crippen LogP contribution < -0.4 is 10.6 Å². The molecule has 0 bridgehead atoms. The largest absolute Gasteiger partial charge is 0.315 e. The molecule has 2 rings (SSSR count). The van der Waals surface area contributed by atoms with E-state index in [2.05, 4.69) is 10.6 Å². The lowest BCUT2D eigenvalue weighted by molar-refractivity contribution is 0.577. The highest BCUT2D eigenvalue weighted by Crippen LogP contribution is 1.99. The molecular weight excluding hydrogens is 220 g/mol. The summed E-state index contributed by atoms with van der Waals surface area (Å²) in [6.45, 7) is 3.68. The van der Waals surface area contributed by atoms with Gasteiger partial charge < -0.3 is 10.6 Å². The molecule has 0 atom stereocenters. The van der Waals surface area contributed by atoms with Gasteiger partial charge in [-0.2, -0.15) is 11.8 Å². The van der Waals surface area contributed by atoms with Crippen LogP contribution in [0.15, 0.2) is 0 Å². The second kappa shape index (κ2) is 6.66.